The molecule has 0 aromatic rings. The highest BCUT2D eigenvalue weighted by atomic mass is 32.2. The van der Waals surface area contributed by atoms with Crippen LogP contribution in [0.15, 0.2) is 0 Å². The first-order valence-electron chi connectivity index (χ1n) is 9.10. The molecule has 5 nitrogen and oxygen atoms in total. The maximum absolute atomic E-state index is 12.6. The summed E-state index contributed by atoms with van der Waals surface area (Å²) in [5.41, 5.74) is 0. The second-order valence-electron chi connectivity index (χ2n) is 7.12. The molecule has 0 aliphatic carbocycles. The molecule has 3 rings (SSSR count). The van der Waals surface area contributed by atoms with Crippen molar-refractivity contribution in [3.63, 3.8) is 0 Å². The third-order valence-electron chi connectivity index (χ3n) is 5.47. The van der Waals surface area contributed by atoms with Crippen molar-refractivity contribution >= 4 is 10.0 Å². The molecule has 0 saturated carbocycles. The van der Waals surface area contributed by atoms with Gasteiger partial charge in [0.2, 0.25) is 10.0 Å². The van der Waals surface area contributed by atoms with E-state index in [4.69, 9.17) is 0 Å². The lowest BCUT2D eigenvalue weighted by atomic mass is 10.1. The molecule has 3 aliphatic rings. The number of sulfonamides is 1. The SMILES string of the molecule is O=S(=O)([C@@H]1CCN(CCCN2CCCCC2)C1)N1CCCC1. The van der Waals surface area contributed by atoms with Gasteiger partial charge >= 0.3 is 0 Å². The normalized spacial score (nSPS) is 29.4. The molecule has 128 valence electrons. The van der Waals surface area contributed by atoms with Gasteiger partial charge in [-0.15, -0.1) is 0 Å². The van der Waals surface area contributed by atoms with E-state index >= 15 is 0 Å². The third-order valence-corrected chi connectivity index (χ3v) is 7.78. The molecule has 22 heavy (non-hydrogen) atoms. The van der Waals surface area contributed by atoms with Crippen molar-refractivity contribution in [1.29, 1.82) is 0 Å². The fourth-order valence-electron chi connectivity index (χ4n) is 4.10. The Balaban J connectivity index is 1.40. The van der Waals surface area contributed by atoms with E-state index in [0.717, 1.165) is 52.0 Å². The monoisotopic (exact) mass is 329 g/mol. The average molecular weight is 330 g/mol. The van der Waals surface area contributed by atoms with Crippen molar-refractivity contribution in [2.24, 2.45) is 0 Å². The van der Waals surface area contributed by atoms with E-state index in [1.165, 1.54) is 45.3 Å². The van der Waals surface area contributed by atoms with Gasteiger partial charge in [-0.05, 0) is 71.2 Å². The van der Waals surface area contributed by atoms with Crippen LogP contribution in [0.1, 0.15) is 44.9 Å². The fourth-order valence-corrected chi connectivity index (χ4v) is 6.09. The maximum Gasteiger partial charge on any atom is 0.218 e. The molecule has 3 aliphatic heterocycles. The minimum Gasteiger partial charge on any atom is -0.303 e. The lowest BCUT2D eigenvalue weighted by Crippen LogP contribution is -2.39. The van der Waals surface area contributed by atoms with E-state index in [0.29, 0.717) is 0 Å². The van der Waals surface area contributed by atoms with Crippen molar-refractivity contribution in [3.05, 3.63) is 0 Å². The number of likely N-dealkylation sites (tertiary alicyclic amines) is 2. The Hall–Kier alpha value is -0.170. The molecule has 0 radical (unpaired) electrons. The molecule has 1 atom stereocenters. The zero-order valence-corrected chi connectivity index (χ0v) is 14.6. The molecule has 0 N–H and O–H groups in total. The lowest BCUT2D eigenvalue weighted by molar-refractivity contribution is 0.212. The van der Waals surface area contributed by atoms with E-state index in [2.05, 4.69) is 9.80 Å². The van der Waals surface area contributed by atoms with E-state index in [1.807, 2.05) is 0 Å². The zero-order valence-electron chi connectivity index (χ0n) is 13.8. The largest absolute Gasteiger partial charge is 0.303 e. The van der Waals surface area contributed by atoms with Crippen LogP contribution in [0.5, 0.6) is 0 Å². The van der Waals surface area contributed by atoms with Gasteiger partial charge in [0.15, 0.2) is 0 Å². The number of hydrogen-bond donors (Lipinski definition) is 0. The standard InChI is InChI=1S/C16H31N3O2S/c20-22(21,19-12-4-5-13-19)16-7-14-18(15-16)11-6-10-17-8-2-1-3-9-17/h16H,1-15H2/t16-/m1/s1. The van der Waals surface area contributed by atoms with Gasteiger partial charge in [-0.25, -0.2) is 12.7 Å². The molecule has 3 heterocycles. The summed E-state index contributed by atoms with van der Waals surface area (Å²) in [7, 11) is -3.04. The summed E-state index contributed by atoms with van der Waals surface area (Å²) >= 11 is 0. The minimum absolute atomic E-state index is 0.152. The van der Waals surface area contributed by atoms with Crippen LogP contribution in [0.2, 0.25) is 0 Å². The van der Waals surface area contributed by atoms with Crippen molar-refractivity contribution in [1.82, 2.24) is 14.1 Å². The van der Waals surface area contributed by atoms with Crippen LogP contribution < -0.4 is 0 Å². The Bertz CT molecular complexity index is 442. The quantitative estimate of drug-likeness (QED) is 0.738. The highest BCUT2D eigenvalue weighted by molar-refractivity contribution is 7.89. The predicted octanol–water partition coefficient (Wildman–Crippen LogP) is 1.36. The van der Waals surface area contributed by atoms with E-state index in [9.17, 15) is 8.42 Å². The summed E-state index contributed by atoms with van der Waals surface area (Å²) in [6.45, 7) is 7.94. The molecule has 0 aromatic heterocycles. The van der Waals surface area contributed by atoms with Gasteiger partial charge in [0.1, 0.15) is 0 Å². The van der Waals surface area contributed by atoms with Gasteiger partial charge in [-0.1, -0.05) is 6.42 Å². The van der Waals surface area contributed by atoms with Gasteiger partial charge in [0.05, 0.1) is 5.25 Å². The predicted molar refractivity (Wildman–Crippen MR) is 89.5 cm³/mol. The van der Waals surface area contributed by atoms with Gasteiger partial charge < -0.3 is 9.80 Å². The van der Waals surface area contributed by atoms with Crippen LogP contribution in [0, 0.1) is 0 Å². The Morgan fingerprint density at radius 2 is 1.41 bits per heavy atom. The Labute approximate surface area is 135 Å². The van der Waals surface area contributed by atoms with E-state index < -0.39 is 10.0 Å². The molecular formula is C16H31N3O2S. The van der Waals surface area contributed by atoms with E-state index in [-0.39, 0.29) is 5.25 Å². The second kappa shape index (κ2) is 7.60. The Morgan fingerprint density at radius 1 is 0.773 bits per heavy atom. The number of nitrogens with zero attached hydrogens (tertiary/aromatic N) is 3. The molecule has 0 unspecified atom stereocenters. The van der Waals surface area contributed by atoms with Crippen molar-refractivity contribution < 1.29 is 8.42 Å². The van der Waals surface area contributed by atoms with Gasteiger partial charge in [0, 0.05) is 19.6 Å². The zero-order chi connectivity index (χ0) is 15.4. The summed E-state index contributed by atoms with van der Waals surface area (Å²) < 4.78 is 26.9. The van der Waals surface area contributed by atoms with Gasteiger partial charge in [-0.3, -0.25) is 0 Å². The van der Waals surface area contributed by atoms with Crippen LogP contribution in [0.25, 0.3) is 0 Å². The van der Waals surface area contributed by atoms with Crippen molar-refractivity contribution in [3.8, 4) is 0 Å². The fraction of sp³-hybridized carbons (Fsp3) is 1.00. The summed E-state index contributed by atoms with van der Waals surface area (Å²) in [5.74, 6) is 0. The minimum atomic E-state index is -3.04. The molecule has 3 saturated heterocycles. The molecular weight excluding hydrogens is 298 g/mol. The molecule has 0 aromatic carbocycles. The van der Waals surface area contributed by atoms with Crippen LogP contribution in [-0.2, 0) is 10.0 Å². The molecule has 3 fully saturated rings. The summed E-state index contributed by atoms with van der Waals surface area (Å²) in [6, 6.07) is 0. The lowest BCUT2D eigenvalue weighted by Gasteiger charge is -2.27. The smallest absolute Gasteiger partial charge is 0.218 e. The maximum atomic E-state index is 12.6. The summed E-state index contributed by atoms with van der Waals surface area (Å²) in [6.07, 6.45) is 8.15. The number of rotatable bonds is 6. The third kappa shape index (κ3) is 4.02. The second-order valence-corrected chi connectivity index (χ2v) is 9.33. The Morgan fingerprint density at radius 3 is 2.14 bits per heavy atom. The van der Waals surface area contributed by atoms with E-state index in [1.54, 1.807) is 4.31 Å². The van der Waals surface area contributed by atoms with Gasteiger partial charge in [0.25, 0.3) is 0 Å². The summed E-state index contributed by atoms with van der Waals surface area (Å²) in [5, 5.41) is -0.152. The van der Waals surface area contributed by atoms with Gasteiger partial charge in [-0.2, -0.15) is 0 Å². The van der Waals surface area contributed by atoms with Crippen LogP contribution in [0.3, 0.4) is 0 Å². The van der Waals surface area contributed by atoms with Crippen molar-refractivity contribution in [2.45, 2.75) is 50.2 Å². The van der Waals surface area contributed by atoms with Crippen LogP contribution in [-0.4, -0.2) is 80.1 Å². The Kier molecular flexibility index (Phi) is 5.76. The first kappa shape index (κ1) is 16.7. The van der Waals surface area contributed by atoms with Crippen molar-refractivity contribution in [2.75, 3.05) is 52.4 Å². The molecule has 0 amide bonds. The molecule has 0 bridgehead atoms. The highest BCUT2D eigenvalue weighted by Gasteiger charge is 2.37. The first-order chi connectivity index (χ1) is 10.7. The summed E-state index contributed by atoms with van der Waals surface area (Å²) in [4.78, 5) is 4.93. The highest BCUT2D eigenvalue weighted by Crippen LogP contribution is 2.23. The van der Waals surface area contributed by atoms with Crippen LogP contribution in [0.4, 0.5) is 0 Å². The average Bonchev–Trinajstić information content (AvgIpc) is 3.20. The number of piperidine rings is 1. The first-order valence-corrected chi connectivity index (χ1v) is 10.6. The molecule has 0 spiro atoms. The molecule has 6 heteroatoms. The number of hydrogen-bond acceptors (Lipinski definition) is 4. The topological polar surface area (TPSA) is 43.9 Å². The van der Waals surface area contributed by atoms with Crippen LogP contribution >= 0.6 is 0 Å².